The van der Waals surface area contributed by atoms with Gasteiger partial charge in [-0.15, -0.1) is 0 Å². The zero-order valence-corrected chi connectivity index (χ0v) is 21.9. The Labute approximate surface area is 223 Å². The molecule has 1 unspecified atom stereocenters. The van der Waals surface area contributed by atoms with Crippen LogP contribution < -0.4 is 0 Å². The van der Waals surface area contributed by atoms with E-state index < -0.39 is 12.2 Å². The molecule has 1 aromatic carbocycles. The molecule has 2 aromatic rings. The van der Waals surface area contributed by atoms with Gasteiger partial charge in [0.2, 0.25) is 0 Å². The molecule has 194 valence electrons. The van der Waals surface area contributed by atoms with E-state index in [-0.39, 0.29) is 6.42 Å². The van der Waals surface area contributed by atoms with Crippen LogP contribution in [0.4, 0.5) is 0 Å². The second kappa shape index (κ2) is 13.8. The minimum Gasteiger partial charge on any atom is -0.481 e. The van der Waals surface area contributed by atoms with Crippen molar-refractivity contribution in [1.82, 2.24) is 14.9 Å². The van der Waals surface area contributed by atoms with Gasteiger partial charge in [0.25, 0.3) is 0 Å². The van der Waals surface area contributed by atoms with E-state index >= 15 is 0 Å². The molecule has 0 amide bonds. The van der Waals surface area contributed by atoms with Gasteiger partial charge < -0.3 is 10.2 Å². The molecule has 0 spiro atoms. The lowest BCUT2D eigenvalue weighted by Crippen LogP contribution is -2.47. The minimum absolute atomic E-state index is 0.112. The average molecular weight is 520 g/mol. The Morgan fingerprint density at radius 3 is 2.68 bits per heavy atom. The lowest BCUT2D eigenvalue weighted by Gasteiger charge is -2.41. The van der Waals surface area contributed by atoms with E-state index in [4.69, 9.17) is 26.7 Å². The number of carbonyl (C=O) groups is 1. The Morgan fingerprint density at radius 2 is 1.97 bits per heavy atom. The number of hydrogen-bond donors (Lipinski definition) is 2. The number of aromatic nitrogens is 2. The Kier molecular flexibility index (Phi) is 10.6. The molecule has 1 aromatic heterocycles. The minimum atomic E-state index is -0.811. The third-order valence-corrected chi connectivity index (χ3v) is 6.51. The number of aliphatic carboxylic acids is 1. The maximum absolute atomic E-state index is 10.9. The maximum atomic E-state index is 10.9. The van der Waals surface area contributed by atoms with E-state index in [2.05, 4.69) is 19.2 Å². The van der Waals surface area contributed by atoms with Crippen molar-refractivity contribution in [2.24, 2.45) is 5.92 Å². The normalized spacial score (nSPS) is 16.1. The smallest absolute Gasteiger partial charge is 0.303 e. The van der Waals surface area contributed by atoms with Crippen LogP contribution in [0.25, 0.3) is 16.6 Å². The van der Waals surface area contributed by atoms with Crippen molar-refractivity contribution in [2.75, 3.05) is 13.1 Å². The van der Waals surface area contributed by atoms with Gasteiger partial charge in [-0.05, 0) is 55.5 Å². The number of aliphatic hydroxyl groups excluding tert-OH is 1. The summed E-state index contributed by atoms with van der Waals surface area (Å²) in [6, 6.07) is 5.62. The van der Waals surface area contributed by atoms with Crippen molar-refractivity contribution in [3.8, 4) is 0 Å². The number of allylic oxidation sites excluding steroid dienone is 9. The lowest BCUT2D eigenvalue weighted by molar-refractivity contribution is -0.137. The van der Waals surface area contributed by atoms with Gasteiger partial charge in [0.05, 0.1) is 22.4 Å². The first kappa shape index (κ1) is 28.3. The zero-order valence-electron chi connectivity index (χ0n) is 21.2. The van der Waals surface area contributed by atoms with E-state index in [1.807, 2.05) is 48.3 Å². The molecular weight excluding hydrogens is 486 g/mol. The summed E-state index contributed by atoms with van der Waals surface area (Å²) in [5.41, 5.74) is 4.23. The van der Waals surface area contributed by atoms with Crippen LogP contribution in [0.5, 0.6) is 0 Å². The monoisotopic (exact) mass is 519 g/mol. The molecule has 2 heterocycles. The summed E-state index contributed by atoms with van der Waals surface area (Å²) in [4.78, 5) is 22.6. The van der Waals surface area contributed by atoms with E-state index in [0.717, 1.165) is 24.3 Å². The number of hydrogen-bond acceptors (Lipinski definition) is 5. The van der Waals surface area contributed by atoms with Crippen LogP contribution in [0.2, 0.25) is 0 Å². The SMILES string of the molecule is C=C/C=C\C=C\C1CN(C(O)c2ccc3nc(C(=C)/C=C\C(Cl)=C/C)c(CCCCC(=O)O)nc3c2)C1. The van der Waals surface area contributed by atoms with Gasteiger partial charge in [0.1, 0.15) is 6.23 Å². The molecule has 1 aliphatic rings. The zero-order chi connectivity index (χ0) is 26.8. The van der Waals surface area contributed by atoms with Crippen molar-refractivity contribution in [2.45, 2.75) is 38.8 Å². The Morgan fingerprint density at radius 1 is 1.19 bits per heavy atom. The molecule has 3 rings (SSSR count). The molecule has 37 heavy (non-hydrogen) atoms. The molecule has 0 bridgehead atoms. The van der Waals surface area contributed by atoms with Crippen LogP contribution in [-0.2, 0) is 11.2 Å². The standard InChI is InChI=1S/C30H34ClN3O3/c1-4-6-7-8-11-22-19-34(20-22)30(37)23-15-17-25-27(18-23)32-26(12-9-10-13-28(35)36)29(33-25)21(3)14-16-24(31)5-2/h4-8,11,14-18,22,30,37H,1,3,9-10,12-13,19-20H2,2H3,(H,35,36)/b7-6-,11-8+,16-14-,24-5+. The van der Waals surface area contributed by atoms with Gasteiger partial charge in [-0.3, -0.25) is 9.69 Å². The summed E-state index contributed by atoms with van der Waals surface area (Å²) >= 11 is 6.10. The van der Waals surface area contributed by atoms with E-state index in [1.165, 1.54) is 0 Å². The number of halogens is 1. The van der Waals surface area contributed by atoms with Crippen LogP contribution in [0, 0.1) is 5.92 Å². The lowest BCUT2D eigenvalue weighted by atomic mass is 9.97. The van der Waals surface area contributed by atoms with Gasteiger partial charge >= 0.3 is 5.97 Å². The third-order valence-electron chi connectivity index (χ3n) is 6.16. The average Bonchev–Trinajstić information content (AvgIpc) is 2.87. The largest absolute Gasteiger partial charge is 0.481 e. The number of aliphatic hydroxyl groups is 1. The third kappa shape index (κ3) is 8.09. The first-order valence-electron chi connectivity index (χ1n) is 12.4. The number of likely N-dealkylation sites (tertiary alicyclic amines) is 1. The predicted octanol–water partition coefficient (Wildman–Crippen LogP) is 6.36. The first-order valence-corrected chi connectivity index (χ1v) is 12.8. The van der Waals surface area contributed by atoms with Gasteiger partial charge in [0, 0.05) is 30.5 Å². The molecule has 7 heteroatoms. The van der Waals surface area contributed by atoms with Crippen LogP contribution in [0.1, 0.15) is 49.4 Å². The molecule has 0 aliphatic carbocycles. The summed E-state index contributed by atoms with van der Waals surface area (Å²) in [6.07, 6.45) is 16.2. The summed E-state index contributed by atoms with van der Waals surface area (Å²) in [5, 5.41) is 20.5. The first-order chi connectivity index (χ1) is 17.8. The Balaban J connectivity index is 1.81. The van der Waals surface area contributed by atoms with Gasteiger partial charge in [0.15, 0.2) is 0 Å². The molecule has 0 saturated carbocycles. The number of nitrogens with zero attached hydrogens (tertiary/aromatic N) is 3. The fourth-order valence-electron chi connectivity index (χ4n) is 4.07. The number of aryl methyl sites for hydroxylation is 1. The second-order valence-corrected chi connectivity index (χ2v) is 9.43. The number of benzene rings is 1. The molecule has 1 saturated heterocycles. The van der Waals surface area contributed by atoms with Crippen LogP contribution in [0.15, 0.2) is 85.0 Å². The van der Waals surface area contributed by atoms with Crippen molar-refractivity contribution < 1.29 is 15.0 Å². The number of carboxylic acids is 1. The maximum Gasteiger partial charge on any atom is 0.303 e. The van der Waals surface area contributed by atoms with Gasteiger partial charge in [-0.2, -0.15) is 0 Å². The molecular formula is C30H34ClN3O3. The summed E-state index contributed by atoms with van der Waals surface area (Å²) < 4.78 is 0. The Bertz CT molecular complexity index is 1260. The topological polar surface area (TPSA) is 86.5 Å². The second-order valence-electron chi connectivity index (χ2n) is 8.99. The van der Waals surface area contributed by atoms with E-state index in [9.17, 15) is 9.90 Å². The quantitative estimate of drug-likeness (QED) is 0.236. The van der Waals surface area contributed by atoms with Gasteiger partial charge in [-0.25, -0.2) is 9.97 Å². The van der Waals surface area contributed by atoms with Crippen molar-refractivity contribution >= 4 is 34.2 Å². The molecule has 1 atom stereocenters. The predicted molar refractivity (Wildman–Crippen MR) is 151 cm³/mol. The number of carboxylic acid groups (broad SMARTS) is 1. The summed E-state index contributed by atoms with van der Waals surface area (Å²) in [6.45, 7) is 11.2. The van der Waals surface area contributed by atoms with E-state index in [1.54, 1.807) is 24.3 Å². The molecule has 2 N–H and O–H groups in total. The highest BCUT2D eigenvalue weighted by molar-refractivity contribution is 6.31. The van der Waals surface area contributed by atoms with Crippen molar-refractivity contribution in [3.63, 3.8) is 0 Å². The molecule has 0 radical (unpaired) electrons. The summed E-state index contributed by atoms with van der Waals surface area (Å²) in [7, 11) is 0. The number of rotatable bonds is 13. The number of fused-ring (bicyclic) bond motifs is 1. The van der Waals surface area contributed by atoms with Crippen molar-refractivity contribution in [1.29, 1.82) is 0 Å². The fraction of sp³-hybridized carbons (Fsp3) is 0.300. The van der Waals surface area contributed by atoms with Gasteiger partial charge in [-0.1, -0.05) is 73.4 Å². The van der Waals surface area contributed by atoms with Crippen molar-refractivity contribution in [3.05, 3.63) is 102 Å². The fourth-order valence-corrected chi connectivity index (χ4v) is 4.13. The number of unbranched alkanes of at least 4 members (excludes halogenated alkanes) is 1. The molecule has 1 fully saturated rings. The Hall–Kier alpha value is -3.32. The van der Waals surface area contributed by atoms with Crippen LogP contribution in [0.3, 0.4) is 0 Å². The summed E-state index contributed by atoms with van der Waals surface area (Å²) in [5.74, 6) is -0.409. The van der Waals surface area contributed by atoms with Crippen LogP contribution in [-0.4, -0.2) is 44.1 Å². The molecule has 1 aliphatic heterocycles. The highest BCUT2D eigenvalue weighted by Crippen LogP contribution is 2.30. The highest BCUT2D eigenvalue weighted by atomic mass is 35.5. The van der Waals surface area contributed by atoms with E-state index in [0.29, 0.717) is 52.5 Å². The van der Waals surface area contributed by atoms with Crippen LogP contribution >= 0.6 is 11.6 Å². The molecule has 6 nitrogen and oxygen atoms in total. The highest BCUT2D eigenvalue weighted by Gasteiger charge is 2.30.